The molecule has 2 rings (SSSR count). The number of carbonyl (C=O) groups is 2. The molecule has 0 amide bonds. The van der Waals surface area contributed by atoms with Gasteiger partial charge in [0.25, 0.3) is 0 Å². The number of carboxylic acid groups (broad SMARTS) is 1. The first-order chi connectivity index (χ1) is 15.0. The first kappa shape index (κ1) is 27.0. The highest BCUT2D eigenvalue weighted by atomic mass is 32.3. The summed E-state index contributed by atoms with van der Waals surface area (Å²) in [5, 5.41) is 9.04. The van der Waals surface area contributed by atoms with Crippen LogP contribution in [-0.2, 0) is 0 Å². The lowest BCUT2D eigenvalue weighted by atomic mass is 10.0. The molecule has 7 heteroatoms. The molecule has 3 nitrogen and oxygen atoms in total. The average molecular weight is 501 g/mol. The second-order valence-electron chi connectivity index (χ2n) is 7.79. The number of hydrogen-bond acceptors (Lipinski definition) is 6. The van der Waals surface area contributed by atoms with Gasteiger partial charge >= 0.3 is 5.97 Å². The molecule has 0 saturated carbocycles. The number of Topliss-reactive ketones (excluding diaryl/α,β-unsaturated/α-hetero) is 1. The fourth-order valence-electron chi connectivity index (χ4n) is 3.40. The molecule has 174 valence electrons. The van der Waals surface area contributed by atoms with Gasteiger partial charge in [0, 0.05) is 5.56 Å². The van der Waals surface area contributed by atoms with Gasteiger partial charge in [-0.2, -0.15) is 11.8 Å². The van der Waals surface area contributed by atoms with Crippen LogP contribution >= 0.6 is 47.0 Å². The summed E-state index contributed by atoms with van der Waals surface area (Å²) in [6, 6.07) is 6.39. The standard InChI is InChI=1S/C24H36O3S4/c1-3-5-9-21(22(25)19-10-12-20(13-11-19)23(26)27)28-15-7-16-29-24(14-6-4-2)30-17-8-18-31-24/h10-13,21H,3-9,14-18H2,1-2H3,(H,26,27). The van der Waals surface area contributed by atoms with Crippen LogP contribution in [0, 0.1) is 0 Å². The first-order valence-corrected chi connectivity index (χ1v) is 15.4. The Morgan fingerprint density at radius 2 is 1.65 bits per heavy atom. The second kappa shape index (κ2) is 14.8. The lowest BCUT2D eigenvalue weighted by Gasteiger charge is -2.35. The Morgan fingerprint density at radius 1 is 1.00 bits per heavy atom. The lowest BCUT2D eigenvalue weighted by molar-refractivity contribution is 0.0696. The Balaban J connectivity index is 1.85. The van der Waals surface area contributed by atoms with Crippen LogP contribution in [0.4, 0.5) is 0 Å². The van der Waals surface area contributed by atoms with E-state index >= 15 is 0 Å². The summed E-state index contributed by atoms with van der Waals surface area (Å²) >= 11 is 8.23. The van der Waals surface area contributed by atoms with Crippen LogP contribution in [0.25, 0.3) is 0 Å². The zero-order valence-corrected chi connectivity index (χ0v) is 22.0. The van der Waals surface area contributed by atoms with Gasteiger partial charge in [0.05, 0.1) is 10.8 Å². The molecular weight excluding hydrogens is 465 g/mol. The van der Waals surface area contributed by atoms with E-state index < -0.39 is 5.97 Å². The van der Waals surface area contributed by atoms with Gasteiger partial charge in [-0.05, 0) is 60.8 Å². The Labute approximate surface area is 205 Å². The summed E-state index contributed by atoms with van der Waals surface area (Å²) in [4.78, 5) is 24.1. The normalized spacial score (nSPS) is 16.7. The van der Waals surface area contributed by atoms with Crippen LogP contribution in [-0.4, -0.2) is 48.5 Å². The Morgan fingerprint density at radius 3 is 2.26 bits per heavy atom. The summed E-state index contributed by atoms with van der Waals surface area (Å²) in [5.41, 5.74) is 0.850. The number of rotatable bonds is 15. The summed E-state index contributed by atoms with van der Waals surface area (Å²) in [6.07, 6.45) is 9.31. The largest absolute Gasteiger partial charge is 0.478 e. The molecule has 1 aromatic rings. The topological polar surface area (TPSA) is 54.4 Å². The second-order valence-corrected chi connectivity index (χ2v) is 14.1. The van der Waals surface area contributed by atoms with Crippen LogP contribution in [0.5, 0.6) is 0 Å². The third kappa shape index (κ3) is 9.26. The molecule has 31 heavy (non-hydrogen) atoms. The van der Waals surface area contributed by atoms with E-state index in [1.807, 2.05) is 0 Å². The lowest BCUT2D eigenvalue weighted by Crippen LogP contribution is -2.22. The number of benzene rings is 1. The highest BCUT2D eigenvalue weighted by molar-refractivity contribution is 8.34. The highest BCUT2D eigenvalue weighted by Crippen LogP contribution is 2.53. The third-order valence-electron chi connectivity index (χ3n) is 5.23. The SMILES string of the molecule is CCCCC(SCCCSC1(CCCC)SCCCS1)C(=O)c1ccc(C(=O)O)cc1. The summed E-state index contributed by atoms with van der Waals surface area (Å²) < 4.78 is 0.349. The highest BCUT2D eigenvalue weighted by Gasteiger charge is 2.33. The smallest absolute Gasteiger partial charge is 0.335 e. The van der Waals surface area contributed by atoms with Crippen LogP contribution in [0.2, 0.25) is 0 Å². The maximum atomic E-state index is 13.0. The van der Waals surface area contributed by atoms with Crippen molar-refractivity contribution in [3.8, 4) is 0 Å². The molecule has 1 saturated heterocycles. The van der Waals surface area contributed by atoms with Crippen LogP contribution in [0.1, 0.15) is 85.9 Å². The average Bonchev–Trinajstić information content (AvgIpc) is 2.80. The van der Waals surface area contributed by atoms with Gasteiger partial charge in [0.2, 0.25) is 0 Å². The van der Waals surface area contributed by atoms with Crippen molar-refractivity contribution in [2.75, 3.05) is 23.0 Å². The molecule has 0 radical (unpaired) electrons. The summed E-state index contributed by atoms with van der Waals surface area (Å²) in [7, 11) is 0. The Kier molecular flexibility index (Phi) is 12.9. The fraction of sp³-hybridized carbons (Fsp3) is 0.667. The van der Waals surface area contributed by atoms with E-state index in [4.69, 9.17) is 5.11 Å². The predicted molar refractivity (Wildman–Crippen MR) is 142 cm³/mol. The molecule has 1 N–H and O–H groups in total. The molecule has 1 aromatic carbocycles. The molecule has 1 atom stereocenters. The van der Waals surface area contributed by atoms with Gasteiger partial charge in [-0.3, -0.25) is 4.79 Å². The number of aromatic carboxylic acids is 1. The minimum absolute atomic E-state index is 0.0342. The van der Waals surface area contributed by atoms with E-state index in [-0.39, 0.29) is 16.6 Å². The number of thioether (sulfide) groups is 4. The van der Waals surface area contributed by atoms with E-state index in [1.165, 1.54) is 49.3 Å². The molecule has 1 heterocycles. The number of unbranched alkanes of at least 4 members (excludes halogenated alkanes) is 2. The predicted octanol–water partition coefficient (Wildman–Crippen LogP) is 7.70. The Hall–Kier alpha value is -0.240. The van der Waals surface area contributed by atoms with Crippen molar-refractivity contribution < 1.29 is 14.7 Å². The minimum Gasteiger partial charge on any atom is -0.478 e. The Bertz CT molecular complexity index is 672. The molecule has 0 spiro atoms. The van der Waals surface area contributed by atoms with Crippen molar-refractivity contribution in [3.05, 3.63) is 35.4 Å². The van der Waals surface area contributed by atoms with Gasteiger partial charge in [0.15, 0.2) is 5.78 Å². The number of ketones is 1. The van der Waals surface area contributed by atoms with E-state index in [2.05, 4.69) is 49.1 Å². The van der Waals surface area contributed by atoms with Crippen molar-refractivity contribution in [1.29, 1.82) is 0 Å². The monoisotopic (exact) mass is 500 g/mol. The first-order valence-electron chi connectivity index (χ1n) is 11.4. The quantitative estimate of drug-likeness (QED) is 0.196. The van der Waals surface area contributed by atoms with E-state index in [9.17, 15) is 9.59 Å². The van der Waals surface area contributed by atoms with Crippen LogP contribution < -0.4 is 0 Å². The molecular formula is C24H36O3S4. The van der Waals surface area contributed by atoms with Gasteiger partial charge in [-0.25, -0.2) is 4.79 Å². The van der Waals surface area contributed by atoms with E-state index in [1.54, 1.807) is 23.9 Å². The van der Waals surface area contributed by atoms with Gasteiger partial charge in [0.1, 0.15) is 3.41 Å². The van der Waals surface area contributed by atoms with Crippen molar-refractivity contribution >= 4 is 58.8 Å². The molecule has 1 aliphatic heterocycles. The summed E-state index contributed by atoms with van der Waals surface area (Å²) in [5.74, 6) is 3.90. The van der Waals surface area contributed by atoms with Gasteiger partial charge in [-0.1, -0.05) is 51.7 Å². The van der Waals surface area contributed by atoms with E-state index in [0.717, 1.165) is 37.2 Å². The van der Waals surface area contributed by atoms with Crippen molar-refractivity contribution in [2.24, 2.45) is 0 Å². The number of carbonyl (C=O) groups excluding carboxylic acids is 1. The maximum Gasteiger partial charge on any atom is 0.335 e. The van der Waals surface area contributed by atoms with Crippen molar-refractivity contribution in [1.82, 2.24) is 0 Å². The molecule has 0 aromatic heterocycles. The van der Waals surface area contributed by atoms with Crippen molar-refractivity contribution in [2.45, 2.75) is 73.9 Å². The number of carboxylic acids is 1. The minimum atomic E-state index is -0.959. The van der Waals surface area contributed by atoms with Gasteiger partial charge < -0.3 is 5.11 Å². The number of hydrogen-bond donors (Lipinski definition) is 1. The van der Waals surface area contributed by atoms with Gasteiger partial charge in [-0.15, -0.1) is 35.3 Å². The van der Waals surface area contributed by atoms with Crippen LogP contribution in [0.15, 0.2) is 24.3 Å². The van der Waals surface area contributed by atoms with Crippen molar-refractivity contribution in [3.63, 3.8) is 0 Å². The molecule has 0 aliphatic carbocycles. The molecule has 1 fully saturated rings. The van der Waals surface area contributed by atoms with E-state index in [0.29, 0.717) is 8.97 Å². The van der Waals surface area contributed by atoms with Crippen LogP contribution in [0.3, 0.4) is 0 Å². The zero-order valence-electron chi connectivity index (χ0n) is 18.8. The molecule has 0 bridgehead atoms. The fourth-order valence-corrected chi connectivity index (χ4v) is 10.2. The maximum absolute atomic E-state index is 13.0. The third-order valence-corrected chi connectivity index (χ3v) is 12.1. The zero-order chi connectivity index (χ0) is 22.5. The summed E-state index contributed by atoms with van der Waals surface area (Å²) in [6.45, 7) is 4.43. The molecule has 1 unspecified atom stereocenters. The molecule has 1 aliphatic rings.